The molecule has 5 heteroatoms. The number of benzene rings is 1. The van der Waals surface area contributed by atoms with E-state index in [2.05, 4.69) is 5.32 Å². The largest absolute Gasteiger partial charge is 0.495 e. The van der Waals surface area contributed by atoms with E-state index in [0.29, 0.717) is 17.9 Å². The molecule has 1 aromatic rings. The Labute approximate surface area is 112 Å². The molecule has 1 saturated heterocycles. The second-order valence-electron chi connectivity index (χ2n) is 4.53. The SMILES string of the molecule is CCC1C(=O)NC(C)C(=O)N1c1ccccc1OC. The van der Waals surface area contributed by atoms with Crippen LogP contribution in [-0.2, 0) is 9.59 Å². The average molecular weight is 262 g/mol. The van der Waals surface area contributed by atoms with Crippen molar-refractivity contribution in [1.29, 1.82) is 0 Å². The van der Waals surface area contributed by atoms with Crippen LogP contribution in [0.5, 0.6) is 5.75 Å². The molecule has 2 rings (SSSR count). The molecule has 5 nitrogen and oxygen atoms in total. The third-order valence-corrected chi connectivity index (χ3v) is 3.31. The lowest BCUT2D eigenvalue weighted by Gasteiger charge is -2.37. The zero-order chi connectivity index (χ0) is 14.0. The summed E-state index contributed by atoms with van der Waals surface area (Å²) in [5, 5.41) is 2.70. The topological polar surface area (TPSA) is 58.6 Å². The highest BCUT2D eigenvalue weighted by atomic mass is 16.5. The number of carbonyl (C=O) groups excluding carboxylic acids is 2. The predicted octanol–water partition coefficient (Wildman–Crippen LogP) is 1.33. The van der Waals surface area contributed by atoms with Crippen molar-refractivity contribution in [2.24, 2.45) is 0 Å². The Morgan fingerprint density at radius 2 is 2.00 bits per heavy atom. The lowest BCUT2D eigenvalue weighted by Crippen LogP contribution is -2.62. The Bertz CT molecular complexity index is 501. The van der Waals surface area contributed by atoms with Crippen LogP contribution in [0.1, 0.15) is 20.3 Å². The van der Waals surface area contributed by atoms with E-state index in [1.807, 2.05) is 19.1 Å². The first kappa shape index (κ1) is 13.4. The van der Waals surface area contributed by atoms with Gasteiger partial charge < -0.3 is 10.1 Å². The van der Waals surface area contributed by atoms with E-state index in [4.69, 9.17) is 4.74 Å². The molecule has 19 heavy (non-hydrogen) atoms. The standard InChI is InChI=1S/C14H18N2O3/c1-4-10-13(17)15-9(2)14(18)16(10)11-7-5-6-8-12(11)19-3/h5-10H,4H2,1-3H3,(H,15,17). The summed E-state index contributed by atoms with van der Waals surface area (Å²) in [5.41, 5.74) is 0.642. The number of anilines is 1. The Morgan fingerprint density at radius 3 is 2.63 bits per heavy atom. The van der Waals surface area contributed by atoms with Gasteiger partial charge in [0.1, 0.15) is 17.8 Å². The summed E-state index contributed by atoms with van der Waals surface area (Å²) >= 11 is 0. The summed E-state index contributed by atoms with van der Waals surface area (Å²) in [6.07, 6.45) is 0.558. The number of amides is 2. The molecule has 2 unspecified atom stereocenters. The highest BCUT2D eigenvalue weighted by Crippen LogP contribution is 2.31. The number of hydrogen-bond acceptors (Lipinski definition) is 3. The van der Waals surface area contributed by atoms with Crippen LogP contribution in [0.15, 0.2) is 24.3 Å². The fourth-order valence-electron chi connectivity index (χ4n) is 2.33. The monoisotopic (exact) mass is 262 g/mol. The molecule has 2 amide bonds. The molecule has 0 saturated carbocycles. The van der Waals surface area contributed by atoms with Gasteiger partial charge >= 0.3 is 0 Å². The van der Waals surface area contributed by atoms with Crippen LogP contribution in [0.25, 0.3) is 0 Å². The van der Waals surface area contributed by atoms with Crippen LogP contribution < -0.4 is 15.0 Å². The van der Waals surface area contributed by atoms with Gasteiger partial charge in [0.2, 0.25) is 11.8 Å². The van der Waals surface area contributed by atoms with Crippen LogP contribution in [0.2, 0.25) is 0 Å². The minimum absolute atomic E-state index is 0.115. The first-order valence-electron chi connectivity index (χ1n) is 6.36. The number of nitrogens with one attached hydrogen (secondary N) is 1. The molecule has 1 N–H and O–H groups in total. The van der Waals surface area contributed by atoms with E-state index in [1.165, 1.54) is 0 Å². The Hall–Kier alpha value is -2.04. The Balaban J connectivity index is 2.48. The van der Waals surface area contributed by atoms with Crippen molar-refractivity contribution < 1.29 is 14.3 Å². The molecule has 102 valence electrons. The van der Waals surface area contributed by atoms with Crippen molar-refractivity contribution in [3.05, 3.63) is 24.3 Å². The molecule has 0 radical (unpaired) electrons. The van der Waals surface area contributed by atoms with Crippen molar-refractivity contribution in [2.45, 2.75) is 32.4 Å². The van der Waals surface area contributed by atoms with Gasteiger partial charge in [-0.3, -0.25) is 14.5 Å². The van der Waals surface area contributed by atoms with Crippen molar-refractivity contribution in [1.82, 2.24) is 5.32 Å². The average Bonchev–Trinajstić information content (AvgIpc) is 2.42. The molecule has 0 aromatic heterocycles. The first-order valence-corrected chi connectivity index (χ1v) is 6.36. The zero-order valence-electron chi connectivity index (χ0n) is 11.3. The van der Waals surface area contributed by atoms with Gasteiger partial charge in [-0.25, -0.2) is 0 Å². The lowest BCUT2D eigenvalue weighted by molar-refractivity contribution is -0.133. The van der Waals surface area contributed by atoms with Crippen LogP contribution in [0.4, 0.5) is 5.69 Å². The Kier molecular flexibility index (Phi) is 3.74. The fraction of sp³-hybridized carbons (Fsp3) is 0.429. The van der Waals surface area contributed by atoms with Crippen LogP contribution in [0, 0.1) is 0 Å². The van der Waals surface area contributed by atoms with E-state index in [9.17, 15) is 9.59 Å². The molecule has 1 fully saturated rings. The highest BCUT2D eigenvalue weighted by molar-refractivity contribution is 6.08. The van der Waals surface area contributed by atoms with Crippen molar-refractivity contribution in [3.63, 3.8) is 0 Å². The number of piperazine rings is 1. The van der Waals surface area contributed by atoms with E-state index in [0.717, 1.165) is 0 Å². The molecule has 1 aromatic carbocycles. The summed E-state index contributed by atoms with van der Waals surface area (Å²) in [4.78, 5) is 25.9. The van der Waals surface area contributed by atoms with Gasteiger partial charge in [-0.05, 0) is 25.5 Å². The van der Waals surface area contributed by atoms with Crippen molar-refractivity contribution in [2.75, 3.05) is 12.0 Å². The molecule has 1 aliphatic heterocycles. The quantitative estimate of drug-likeness (QED) is 0.894. The maximum Gasteiger partial charge on any atom is 0.250 e. The third kappa shape index (κ3) is 2.28. The van der Waals surface area contributed by atoms with Crippen molar-refractivity contribution >= 4 is 17.5 Å². The number of rotatable bonds is 3. The molecule has 0 spiro atoms. The minimum Gasteiger partial charge on any atom is -0.495 e. The van der Waals surface area contributed by atoms with Gasteiger partial charge in [0.25, 0.3) is 0 Å². The number of nitrogens with zero attached hydrogens (tertiary/aromatic N) is 1. The Morgan fingerprint density at radius 1 is 1.32 bits per heavy atom. The summed E-state index contributed by atoms with van der Waals surface area (Å²) in [7, 11) is 1.55. The number of hydrogen-bond donors (Lipinski definition) is 1. The van der Waals surface area contributed by atoms with Crippen molar-refractivity contribution in [3.8, 4) is 5.75 Å². The molecule has 1 heterocycles. The van der Waals surface area contributed by atoms with E-state index >= 15 is 0 Å². The maximum atomic E-state index is 12.4. The van der Waals surface area contributed by atoms with Crippen LogP contribution in [-0.4, -0.2) is 31.0 Å². The minimum atomic E-state index is -0.514. The van der Waals surface area contributed by atoms with Gasteiger partial charge in [0.15, 0.2) is 0 Å². The van der Waals surface area contributed by atoms with Crippen LogP contribution >= 0.6 is 0 Å². The summed E-state index contributed by atoms with van der Waals surface area (Å²) in [5.74, 6) is 0.354. The summed E-state index contributed by atoms with van der Waals surface area (Å²) in [6.45, 7) is 3.57. The predicted molar refractivity (Wildman–Crippen MR) is 72.2 cm³/mol. The lowest BCUT2D eigenvalue weighted by atomic mass is 10.0. The van der Waals surface area contributed by atoms with E-state index in [1.54, 1.807) is 31.1 Å². The second kappa shape index (κ2) is 5.30. The van der Waals surface area contributed by atoms with E-state index in [-0.39, 0.29) is 11.8 Å². The zero-order valence-corrected chi connectivity index (χ0v) is 11.3. The number of ether oxygens (including phenoxy) is 1. The maximum absolute atomic E-state index is 12.4. The number of methoxy groups -OCH3 is 1. The molecular formula is C14H18N2O3. The summed E-state index contributed by atoms with van der Waals surface area (Å²) in [6, 6.07) is 6.24. The normalized spacial score (nSPS) is 23.2. The molecule has 0 aliphatic carbocycles. The first-order chi connectivity index (χ1) is 9.10. The molecule has 2 atom stereocenters. The van der Waals surface area contributed by atoms with Gasteiger partial charge in [-0.2, -0.15) is 0 Å². The smallest absolute Gasteiger partial charge is 0.250 e. The second-order valence-corrected chi connectivity index (χ2v) is 4.53. The van der Waals surface area contributed by atoms with Gasteiger partial charge in [-0.1, -0.05) is 19.1 Å². The summed E-state index contributed by atoms with van der Waals surface area (Å²) < 4.78 is 5.28. The molecule has 0 bridgehead atoms. The molecular weight excluding hydrogens is 244 g/mol. The molecule has 1 aliphatic rings. The van der Waals surface area contributed by atoms with Gasteiger partial charge in [-0.15, -0.1) is 0 Å². The number of para-hydroxylation sites is 2. The third-order valence-electron chi connectivity index (χ3n) is 3.31. The highest BCUT2D eigenvalue weighted by Gasteiger charge is 2.39. The number of carbonyl (C=O) groups is 2. The fourth-order valence-corrected chi connectivity index (χ4v) is 2.33. The van der Waals surface area contributed by atoms with Crippen LogP contribution in [0.3, 0.4) is 0 Å². The van der Waals surface area contributed by atoms with Gasteiger partial charge in [0, 0.05) is 0 Å². The van der Waals surface area contributed by atoms with E-state index < -0.39 is 12.1 Å². The van der Waals surface area contributed by atoms with Gasteiger partial charge in [0.05, 0.1) is 12.8 Å².